The fourth-order valence-corrected chi connectivity index (χ4v) is 1.74. The van der Waals surface area contributed by atoms with Crippen LogP contribution in [-0.2, 0) is 0 Å². The number of amides is 1. The molecule has 1 aromatic heterocycles. The number of carbonyl (C=O) groups is 1. The molecular weight excluding hydrogens is 266 g/mol. The highest BCUT2D eigenvalue weighted by Gasteiger charge is 2.06. The molecule has 0 atom stereocenters. The lowest BCUT2D eigenvalue weighted by Gasteiger charge is -2.07. The van der Waals surface area contributed by atoms with Crippen molar-refractivity contribution in [2.24, 2.45) is 5.73 Å². The van der Waals surface area contributed by atoms with Gasteiger partial charge < -0.3 is 16.0 Å². The third kappa shape index (κ3) is 3.81. The van der Waals surface area contributed by atoms with E-state index < -0.39 is 0 Å². The van der Waals surface area contributed by atoms with Crippen LogP contribution < -0.4 is 16.6 Å². The van der Waals surface area contributed by atoms with E-state index >= 15 is 0 Å². The maximum absolute atomic E-state index is 12.0. The predicted molar refractivity (Wildman–Crippen MR) is 82.1 cm³/mol. The number of H-pyrrole nitrogens is 1. The smallest absolute Gasteiger partial charge is 0.257 e. The molecule has 1 aromatic carbocycles. The maximum atomic E-state index is 12.0. The van der Waals surface area contributed by atoms with Crippen LogP contribution in [0.3, 0.4) is 0 Å². The summed E-state index contributed by atoms with van der Waals surface area (Å²) in [5, 5.41) is 2.76. The standard InChI is InChI=1S/C16H15N3O2/c1-11-4-6-14(9-12(11)3-2-8-17)19-16(21)13-5-7-15(20)18-10-13/h4-7,9-10H,8,17H2,1H3,(H,18,20)(H,19,21). The minimum atomic E-state index is -0.298. The van der Waals surface area contributed by atoms with Gasteiger partial charge in [-0.2, -0.15) is 0 Å². The van der Waals surface area contributed by atoms with Crippen molar-refractivity contribution in [2.75, 3.05) is 11.9 Å². The van der Waals surface area contributed by atoms with Gasteiger partial charge >= 0.3 is 0 Å². The molecule has 0 radical (unpaired) electrons. The first-order valence-electron chi connectivity index (χ1n) is 6.40. The molecule has 0 spiro atoms. The van der Waals surface area contributed by atoms with Gasteiger partial charge in [-0.05, 0) is 30.7 Å². The number of nitrogens with one attached hydrogen (secondary N) is 2. The van der Waals surface area contributed by atoms with Crippen LogP contribution in [0.5, 0.6) is 0 Å². The van der Waals surface area contributed by atoms with Crippen molar-refractivity contribution in [1.82, 2.24) is 4.98 Å². The topological polar surface area (TPSA) is 88.0 Å². The second-order valence-electron chi connectivity index (χ2n) is 4.43. The van der Waals surface area contributed by atoms with E-state index in [4.69, 9.17) is 5.73 Å². The lowest BCUT2D eigenvalue weighted by atomic mass is 10.1. The Bertz CT molecular complexity index is 762. The van der Waals surface area contributed by atoms with Gasteiger partial charge in [0.15, 0.2) is 0 Å². The number of nitrogens with two attached hydrogens (primary N) is 1. The Morgan fingerprint density at radius 3 is 2.81 bits per heavy atom. The van der Waals surface area contributed by atoms with Crippen LogP contribution in [0.15, 0.2) is 41.3 Å². The first-order chi connectivity index (χ1) is 10.1. The number of carbonyl (C=O) groups excluding carboxylic acids is 1. The van der Waals surface area contributed by atoms with Gasteiger partial charge in [0.05, 0.1) is 12.1 Å². The highest BCUT2D eigenvalue weighted by molar-refractivity contribution is 6.04. The molecule has 1 amide bonds. The third-order valence-electron chi connectivity index (χ3n) is 2.87. The van der Waals surface area contributed by atoms with Crippen LogP contribution in [0.2, 0.25) is 0 Å². The van der Waals surface area contributed by atoms with E-state index in [9.17, 15) is 9.59 Å². The minimum absolute atomic E-state index is 0.249. The Morgan fingerprint density at radius 1 is 1.33 bits per heavy atom. The van der Waals surface area contributed by atoms with Gasteiger partial charge in [-0.1, -0.05) is 17.9 Å². The largest absolute Gasteiger partial charge is 0.328 e. The summed E-state index contributed by atoms with van der Waals surface area (Å²) in [4.78, 5) is 25.5. The van der Waals surface area contributed by atoms with E-state index in [1.807, 2.05) is 13.0 Å². The van der Waals surface area contributed by atoms with Crippen molar-refractivity contribution in [3.8, 4) is 11.8 Å². The zero-order valence-electron chi connectivity index (χ0n) is 11.6. The van der Waals surface area contributed by atoms with E-state index in [-0.39, 0.29) is 18.0 Å². The lowest BCUT2D eigenvalue weighted by Crippen LogP contribution is -2.14. The van der Waals surface area contributed by atoms with Crippen LogP contribution in [0.4, 0.5) is 5.69 Å². The van der Waals surface area contributed by atoms with Crippen LogP contribution in [0.1, 0.15) is 21.5 Å². The van der Waals surface area contributed by atoms with Crippen LogP contribution in [0.25, 0.3) is 0 Å². The molecule has 0 aliphatic rings. The van der Waals surface area contributed by atoms with Gasteiger partial charge in [0, 0.05) is 23.5 Å². The van der Waals surface area contributed by atoms with Crippen molar-refractivity contribution in [2.45, 2.75) is 6.92 Å². The monoisotopic (exact) mass is 281 g/mol. The molecule has 5 heteroatoms. The summed E-state index contributed by atoms with van der Waals surface area (Å²) >= 11 is 0. The Balaban J connectivity index is 2.21. The van der Waals surface area contributed by atoms with Gasteiger partial charge in [-0.15, -0.1) is 0 Å². The minimum Gasteiger partial charge on any atom is -0.328 e. The molecule has 21 heavy (non-hydrogen) atoms. The van der Waals surface area contributed by atoms with E-state index in [0.29, 0.717) is 11.3 Å². The van der Waals surface area contributed by atoms with Crippen molar-refractivity contribution >= 4 is 11.6 Å². The molecule has 2 aromatic rings. The van der Waals surface area contributed by atoms with Gasteiger partial charge in [0.25, 0.3) is 5.91 Å². The van der Waals surface area contributed by atoms with Crippen LogP contribution >= 0.6 is 0 Å². The zero-order valence-corrected chi connectivity index (χ0v) is 11.6. The highest BCUT2D eigenvalue weighted by Crippen LogP contribution is 2.15. The summed E-state index contributed by atoms with van der Waals surface area (Å²) in [5.41, 5.74) is 7.96. The molecule has 5 nitrogen and oxygen atoms in total. The second kappa shape index (κ2) is 6.55. The number of hydrogen-bond acceptors (Lipinski definition) is 3. The fourth-order valence-electron chi connectivity index (χ4n) is 1.74. The average Bonchev–Trinajstić information content (AvgIpc) is 2.48. The quantitative estimate of drug-likeness (QED) is 0.724. The van der Waals surface area contributed by atoms with Gasteiger partial charge in [0.1, 0.15) is 0 Å². The van der Waals surface area contributed by atoms with E-state index in [2.05, 4.69) is 22.1 Å². The van der Waals surface area contributed by atoms with Crippen molar-refractivity contribution in [3.63, 3.8) is 0 Å². The van der Waals surface area contributed by atoms with Gasteiger partial charge in [-0.3, -0.25) is 9.59 Å². The van der Waals surface area contributed by atoms with Crippen LogP contribution in [-0.4, -0.2) is 17.4 Å². The predicted octanol–water partition coefficient (Wildman–Crippen LogP) is 1.25. The summed E-state index contributed by atoms with van der Waals surface area (Å²) in [5.74, 6) is 5.45. The Hall–Kier alpha value is -2.84. The lowest BCUT2D eigenvalue weighted by molar-refractivity contribution is 0.102. The zero-order chi connectivity index (χ0) is 15.2. The maximum Gasteiger partial charge on any atom is 0.257 e. The first kappa shape index (κ1) is 14.6. The molecule has 106 valence electrons. The van der Waals surface area contributed by atoms with Crippen molar-refractivity contribution in [3.05, 3.63) is 63.6 Å². The molecule has 1 heterocycles. The number of aryl methyl sites for hydroxylation is 1. The molecule has 0 saturated carbocycles. The molecule has 0 bridgehead atoms. The summed E-state index contributed by atoms with van der Waals surface area (Å²) in [6.07, 6.45) is 1.38. The molecule has 0 aliphatic carbocycles. The molecular formula is C16H15N3O2. The normalized spacial score (nSPS) is 9.62. The Morgan fingerprint density at radius 2 is 2.14 bits per heavy atom. The summed E-state index contributed by atoms with van der Waals surface area (Å²) in [7, 11) is 0. The van der Waals surface area contributed by atoms with E-state index in [0.717, 1.165) is 11.1 Å². The molecule has 0 aliphatic heterocycles. The fraction of sp³-hybridized carbons (Fsp3) is 0.125. The summed E-state index contributed by atoms with van der Waals surface area (Å²) in [6.45, 7) is 2.22. The number of anilines is 1. The number of pyridine rings is 1. The number of rotatable bonds is 2. The molecule has 0 saturated heterocycles. The number of benzene rings is 1. The van der Waals surface area contributed by atoms with Gasteiger partial charge in [-0.25, -0.2) is 0 Å². The molecule has 0 fully saturated rings. The summed E-state index contributed by atoms with van der Waals surface area (Å²) in [6, 6.07) is 8.25. The number of aromatic nitrogens is 1. The Kier molecular flexibility index (Phi) is 4.54. The average molecular weight is 281 g/mol. The van der Waals surface area contributed by atoms with Crippen LogP contribution in [0, 0.1) is 18.8 Å². The van der Waals surface area contributed by atoms with Gasteiger partial charge in [0.2, 0.25) is 5.56 Å². The highest BCUT2D eigenvalue weighted by atomic mass is 16.1. The molecule has 2 rings (SSSR count). The first-order valence-corrected chi connectivity index (χ1v) is 6.40. The molecule has 4 N–H and O–H groups in total. The van der Waals surface area contributed by atoms with E-state index in [1.165, 1.54) is 18.3 Å². The van der Waals surface area contributed by atoms with Crippen molar-refractivity contribution in [1.29, 1.82) is 0 Å². The second-order valence-corrected chi connectivity index (χ2v) is 4.43. The summed E-state index contributed by atoms with van der Waals surface area (Å²) < 4.78 is 0. The SMILES string of the molecule is Cc1ccc(NC(=O)c2ccc(=O)[nH]c2)cc1C#CCN. The van der Waals surface area contributed by atoms with E-state index in [1.54, 1.807) is 12.1 Å². The Labute approximate surface area is 122 Å². The molecule has 0 unspecified atom stereocenters. The third-order valence-corrected chi connectivity index (χ3v) is 2.87. The number of hydrogen-bond donors (Lipinski definition) is 3. The number of aromatic amines is 1. The van der Waals surface area contributed by atoms with Crippen molar-refractivity contribution < 1.29 is 4.79 Å².